The van der Waals surface area contributed by atoms with Crippen LogP contribution in [0.4, 0.5) is 0 Å². The molecule has 1 unspecified atom stereocenters. The number of ether oxygens (including phenoxy) is 2. The monoisotopic (exact) mass is 292 g/mol. The summed E-state index contributed by atoms with van der Waals surface area (Å²) in [4.78, 5) is 0. The van der Waals surface area contributed by atoms with Gasteiger partial charge in [0.25, 0.3) is 0 Å². The highest BCUT2D eigenvalue weighted by atomic mass is 16.5. The number of rotatable bonds is 8. The summed E-state index contributed by atoms with van der Waals surface area (Å²) in [6.45, 7) is 1.80. The van der Waals surface area contributed by atoms with Crippen molar-refractivity contribution in [2.24, 2.45) is 0 Å². The molecule has 2 rings (SSSR count). The average Bonchev–Trinajstić information content (AvgIpc) is 3.04. The Kier molecular flexibility index (Phi) is 5.53. The average molecular weight is 292 g/mol. The van der Waals surface area contributed by atoms with Gasteiger partial charge in [-0.25, -0.2) is 0 Å². The lowest BCUT2D eigenvalue weighted by atomic mass is 10.1. The smallest absolute Gasteiger partial charge is 0.124 e. The Balaban J connectivity index is 1.88. The summed E-state index contributed by atoms with van der Waals surface area (Å²) in [7, 11) is 3.17. The van der Waals surface area contributed by atoms with Gasteiger partial charge in [-0.3, -0.25) is 4.68 Å². The van der Waals surface area contributed by atoms with E-state index in [4.69, 9.17) is 9.47 Å². The van der Waals surface area contributed by atoms with Crippen molar-refractivity contribution in [2.45, 2.75) is 12.6 Å². The fraction of sp³-hybridized carbons (Fsp3) is 0.429. The highest BCUT2D eigenvalue weighted by Gasteiger charge is 2.14. The van der Waals surface area contributed by atoms with E-state index in [2.05, 4.69) is 15.6 Å². The normalized spacial score (nSPS) is 12.1. The van der Waals surface area contributed by atoms with Crippen molar-refractivity contribution in [1.29, 1.82) is 0 Å². The van der Waals surface area contributed by atoms with E-state index in [1.807, 2.05) is 0 Å². The lowest BCUT2D eigenvalue weighted by Gasteiger charge is -2.16. The number of hydrogen-bond acceptors (Lipinski definition) is 6. The van der Waals surface area contributed by atoms with Gasteiger partial charge in [0.15, 0.2) is 0 Å². The minimum Gasteiger partial charge on any atom is -0.497 e. The first-order chi connectivity index (χ1) is 10.2. The number of benzene rings is 1. The third kappa shape index (κ3) is 4.17. The van der Waals surface area contributed by atoms with Gasteiger partial charge in [-0.15, -0.1) is 5.10 Å². The van der Waals surface area contributed by atoms with Crippen LogP contribution in [0.1, 0.15) is 11.7 Å². The van der Waals surface area contributed by atoms with Crippen molar-refractivity contribution in [3.63, 3.8) is 0 Å². The lowest BCUT2D eigenvalue weighted by Crippen LogP contribution is -2.25. The Morgan fingerprint density at radius 3 is 2.86 bits per heavy atom. The summed E-state index contributed by atoms with van der Waals surface area (Å²) in [5, 5.41) is 21.1. The van der Waals surface area contributed by atoms with Gasteiger partial charge in [0, 0.05) is 24.8 Å². The van der Waals surface area contributed by atoms with Gasteiger partial charge in [0.2, 0.25) is 0 Å². The van der Waals surface area contributed by atoms with E-state index in [1.54, 1.807) is 49.5 Å². The van der Waals surface area contributed by atoms with E-state index < -0.39 is 6.10 Å². The summed E-state index contributed by atoms with van der Waals surface area (Å²) in [6.07, 6.45) is 2.75. The minimum atomic E-state index is -0.675. The first kappa shape index (κ1) is 15.3. The zero-order valence-corrected chi connectivity index (χ0v) is 12.2. The molecule has 2 N–H and O–H groups in total. The number of aliphatic hydroxyl groups is 1. The highest BCUT2D eigenvalue weighted by Crippen LogP contribution is 2.28. The zero-order valence-electron chi connectivity index (χ0n) is 12.2. The molecule has 7 nitrogen and oxygen atoms in total. The number of aromatic nitrogens is 3. The largest absolute Gasteiger partial charge is 0.497 e. The molecule has 0 saturated carbocycles. The second kappa shape index (κ2) is 7.61. The Bertz CT molecular complexity index is 545. The van der Waals surface area contributed by atoms with E-state index in [0.717, 1.165) is 0 Å². The molecule has 7 heteroatoms. The molecule has 0 spiro atoms. The van der Waals surface area contributed by atoms with Gasteiger partial charge in [-0.05, 0) is 18.2 Å². The SMILES string of the molecule is COc1ccc(OC)c(C(O)CNCCn2ccnn2)c1. The Labute approximate surface area is 123 Å². The molecule has 0 bridgehead atoms. The van der Waals surface area contributed by atoms with Crippen LogP contribution in [-0.2, 0) is 6.54 Å². The molecule has 1 heterocycles. The summed E-state index contributed by atoms with van der Waals surface area (Å²) < 4.78 is 12.2. The van der Waals surface area contributed by atoms with Gasteiger partial charge < -0.3 is 19.9 Å². The molecular formula is C14H20N4O3. The van der Waals surface area contributed by atoms with E-state index in [0.29, 0.717) is 36.7 Å². The molecule has 1 atom stereocenters. The van der Waals surface area contributed by atoms with Gasteiger partial charge >= 0.3 is 0 Å². The van der Waals surface area contributed by atoms with Gasteiger partial charge in [-0.2, -0.15) is 0 Å². The van der Waals surface area contributed by atoms with Crippen LogP contribution in [0.2, 0.25) is 0 Å². The predicted octanol–water partition coefficient (Wildman–Crippen LogP) is 0.618. The van der Waals surface area contributed by atoms with Crippen LogP contribution in [0, 0.1) is 0 Å². The van der Waals surface area contributed by atoms with Crippen LogP contribution in [0.25, 0.3) is 0 Å². The number of nitrogens with zero attached hydrogens (tertiary/aromatic N) is 3. The van der Waals surface area contributed by atoms with Gasteiger partial charge in [0.05, 0.1) is 33.1 Å². The number of hydrogen-bond donors (Lipinski definition) is 2. The molecular weight excluding hydrogens is 272 g/mol. The minimum absolute atomic E-state index is 0.415. The molecule has 0 radical (unpaired) electrons. The molecule has 114 valence electrons. The van der Waals surface area contributed by atoms with Crippen LogP contribution in [0.5, 0.6) is 11.5 Å². The molecule has 0 amide bonds. The maximum atomic E-state index is 10.3. The van der Waals surface area contributed by atoms with E-state index in [9.17, 15) is 5.11 Å². The maximum absolute atomic E-state index is 10.3. The molecule has 1 aromatic carbocycles. The fourth-order valence-electron chi connectivity index (χ4n) is 1.99. The predicted molar refractivity (Wildman–Crippen MR) is 77.4 cm³/mol. The van der Waals surface area contributed by atoms with E-state index in [1.165, 1.54) is 0 Å². The molecule has 1 aromatic heterocycles. The molecule has 0 aliphatic carbocycles. The lowest BCUT2D eigenvalue weighted by molar-refractivity contribution is 0.169. The van der Waals surface area contributed by atoms with Gasteiger partial charge in [-0.1, -0.05) is 5.21 Å². The molecule has 0 fully saturated rings. The van der Waals surface area contributed by atoms with Crippen molar-refractivity contribution in [2.75, 3.05) is 27.3 Å². The van der Waals surface area contributed by atoms with Crippen molar-refractivity contribution < 1.29 is 14.6 Å². The van der Waals surface area contributed by atoms with Crippen LogP contribution in [-0.4, -0.2) is 47.4 Å². The first-order valence-electron chi connectivity index (χ1n) is 6.69. The van der Waals surface area contributed by atoms with Crippen LogP contribution < -0.4 is 14.8 Å². The molecule has 0 saturated heterocycles. The van der Waals surface area contributed by atoms with E-state index >= 15 is 0 Å². The van der Waals surface area contributed by atoms with Gasteiger partial charge in [0.1, 0.15) is 11.5 Å². The summed E-state index contributed by atoms with van der Waals surface area (Å²) >= 11 is 0. The van der Waals surface area contributed by atoms with Crippen molar-refractivity contribution in [3.8, 4) is 11.5 Å². The van der Waals surface area contributed by atoms with Crippen molar-refractivity contribution in [1.82, 2.24) is 20.3 Å². The Hall–Kier alpha value is -2.12. The molecule has 0 aliphatic heterocycles. The zero-order chi connectivity index (χ0) is 15.1. The number of nitrogens with one attached hydrogen (secondary N) is 1. The highest BCUT2D eigenvalue weighted by molar-refractivity contribution is 5.41. The summed E-state index contributed by atoms with van der Waals surface area (Å²) in [6, 6.07) is 5.36. The topological polar surface area (TPSA) is 81.4 Å². The molecule has 21 heavy (non-hydrogen) atoms. The fourth-order valence-corrected chi connectivity index (χ4v) is 1.99. The second-order valence-electron chi connectivity index (χ2n) is 4.49. The van der Waals surface area contributed by atoms with E-state index in [-0.39, 0.29) is 0 Å². The standard InChI is InChI=1S/C14H20N4O3/c1-20-11-3-4-14(21-2)12(9-11)13(19)10-15-5-7-18-8-6-16-17-18/h3-4,6,8-9,13,15,19H,5,7,10H2,1-2H3. The molecule has 2 aromatic rings. The number of aliphatic hydroxyl groups excluding tert-OH is 1. The van der Waals surface area contributed by atoms with Crippen LogP contribution >= 0.6 is 0 Å². The maximum Gasteiger partial charge on any atom is 0.124 e. The van der Waals surface area contributed by atoms with Crippen LogP contribution in [0.3, 0.4) is 0 Å². The Morgan fingerprint density at radius 2 is 2.19 bits per heavy atom. The quantitative estimate of drug-likeness (QED) is 0.694. The third-order valence-corrected chi connectivity index (χ3v) is 3.12. The summed E-state index contributed by atoms with van der Waals surface area (Å²) in [5.41, 5.74) is 0.699. The third-order valence-electron chi connectivity index (χ3n) is 3.12. The molecule has 0 aliphatic rings. The first-order valence-corrected chi connectivity index (χ1v) is 6.69. The summed E-state index contributed by atoms with van der Waals surface area (Å²) in [5.74, 6) is 1.33. The number of methoxy groups -OCH3 is 2. The van der Waals surface area contributed by atoms with Crippen molar-refractivity contribution >= 4 is 0 Å². The Morgan fingerprint density at radius 1 is 1.33 bits per heavy atom. The second-order valence-corrected chi connectivity index (χ2v) is 4.49. The van der Waals surface area contributed by atoms with Crippen molar-refractivity contribution in [3.05, 3.63) is 36.2 Å². The van der Waals surface area contributed by atoms with Crippen LogP contribution in [0.15, 0.2) is 30.6 Å².